The van der Waals surface area contributed by atoms with Crippen molar-refractivity contribution in [2.75, 3.05) is 4.90 Å². The molecule has 98 valence electrons. The molecule has 2 aromatic rings. The highest BCUT2D eigenvalue weighted by Crippen LogP contribution is 2.60. The molecule has 0 saturated carbocycles. The van der Waals surface area contributed by atoms with E-state index in [1.54, 1.807) is 10.4 Å². The lowest BCUT2D eigenvalue weighted by Gasteiger charge is -2.40. The van der Waals surface area contributed by atoms with Gasteiger partial charge in [-0.1, -0.05) is 25.1 Å². The Labute approximate surface area is 118 Å². The van der Waals surface area contributed by atoms with Gasteiger partial charge in [0, 0.05) is 22.0 Å². The molecule has 1 fully saturated rings. The molecule has 3 unspecified atom stereocenters. The van der Waals surface area contributed by atoms with Gasteiger partial charge in [0.1, 0.15) is 0 Å². The molecule has 2 heteroatoms. The summed E-state index contributed by atoms with van der Waals surface area (Å²) in [7, 11) is 0. The van der Waals surface area contributed by atoms with Gasteiger partial charge in [-0.05, 0) is 48.9 Å². The SMILES string of the molecule is Cc1ccccc1N1C2CC(C)(c3ccsc32)C1C. The minimum atomic E-state index is 0.336. The van der Waals surface area contributed by atoms with Gasteiger partial charge in [0.15, 0.2) is 0 Å². The second kappa shape index (κ2) is 3.63. The monoisotopic (exact) mass is 269 g/mol. The highest BCUT2D eigenvalue weighted by atomic mass is 32.1. The van der Waals surface area contributed by atoms with Crippen LogP contribution in [0.5, 0.6) is 0 Å². The van der Waals surface area contributed by atoms with E-state index in [9.17, 15) is 0 Å². The minimum absolute atomic E-state index is 0.336. The van der Waals surface area contributed by atoms with Crippen molar-refractivity contribution in [2.45, 2.75) is 44.7 Å². The molecule has 4 rings (SSSR count). The normalized spacial score (nSPS) is 31.8. The van der Waals surface area contributed by atoms with Gasteiger partial charge in [-0.2, -0.15) is 0 Å². The van der Waals surface area contributed by atoms with Crippen molar-refractivity contribution in [3.63, 3.8) is 0 Å². The summed E-state index contributed by atoms with van der Waals surface area (Å²) in [5, 5.41) is 2.27. The quantitative estimate of drug-likeness (QED) is 0.727. The van der Waals surface area contributed by atoms with Crippen LogP contribution in [0, 0.1) is 6.92 Å². The molecule has 1 nitrogen and oxygen atoms in total. The Bertz CT molecular complexity index is 644. The van der Waals surface area contributed by atoms with E-state index in [1.165, 1.54) is 17.7 Å². The van der Waals surface area contributed by atoms with Crippen molar-refractivity contribution < 1.29 is 0 Å². The van der Waals surface area contributed by atoms with Crippen LogP contribution >= 0.6 is 11.3 Å². The summed E-state index contributed by atoms with van der Waals surface area (Å²) in [6.07, 6.45) is 1.28. The lowest BCUT2D eigenvalue weighted by molar-refractivity contribution is 0.451. The van der Waals surface area contributed by atoms with E-state index < -0.39 is 0 Å². The lowest BCUT2D eigenvalue weighted by Crippen LogP contribution is -2.42. The van der Waals surface area contributed by atoms with Crippen LogP contribution in [0.15, 0.2) is 35.7 Å². The van der Waals surface area contributed by atoms with Gasteiger partial charge >= 0.3 is 0 Å². The zero-order valence-corrected chi connectivity index (χ0v) is 12.5. The predicted octanol–water partition coefficient (Wildman–Crippen LogP) is 4.67. The summed E-state index contributed by atoms with van der Waals surface area (Å²) in [5.41, 5.74) is 4.76. The maximum Gasteiger partial charge on any atom is 0.0650 e. The first-order chi connectivity index (χ1) is 9.13. The molecule has 2 heterocycles. The van der Waals surface area contributed by atoms with E-state index in [0.29, 0.717) is 17.5 Å². The molecule has 1 aliphatic carbocycles. The van der Waals surface area contributed by atoms with Crippen LogP contribution in [0.3, 0.4) is 0 Å². The number of hydrogen-bond acceptors (Lipinski definition) is 2. The number of fused-ring (bicyclic) bond motifs is 5. The van der Waals surface area contributed by atoms with Crippen LogP contribution in [0.25, 0.3) is 0 Å². The van der Waals surface area contributed by atoms with E-state index in [1.807, 2.05) is 11.3 Å². The molecule has 2 aliphatic rings. The number of thiophene rings is 1. The molecule has 0 N–H and O–H groups in total. The van der Waals surface area contributed by atoms with Gasteiger partial charge in [-0.3, -0.25) is 0 Å². The second-order valence-electron chi connectivity index (χ2n) is 6.21. The fraction of sp³-hybridized carbons (Fsp3) is 0.412. The van der Waals surface area contributed by atoms with Crippen molar-refractivity contribution in [3.05, 3.63) is 51.7 Å². The van der Waals surface area contributed by atoms with Crippen molar-refractivity contribution in [1.29, 1.82) is 0 Å². The Hall–Kier alpha value is -1.28. The van der Waals surface area contributed by atoms with E-state index in [0.717, 1.165) is 0 Å². The molecule has 3 atom stereocenters. The Morgan fingerprint density at radius 2 is 2.05 bits per heavy atom. The number of rotatable bonds is 1. The largest absolute Gasteiger partial charge is 0.360 e. The first-order valence-electron chi connectivity index (χ1n) is 7.05. The zero-order chi connectivity index (χ0) is 13.2. The van der Waals surface area contributed by atoms with E-state index in [4.69, 9.17) is 0 Å². The van der Waals surface area contributed by atoms with Gasteiger partial charge in [0.2, 0.25) is 0 Å². The van der Waals surface area contributed by atoms with Gasteiger partial charge < -0.3 is 4.90 Å². The average Bonchev–Trinajstić information content (AvgIpc) is 3.02. The summed E-state index contributed by atoms with van der Waals surface area (Å²) < 4.78 is 0. The topological polar surface area (TPSA) is 3.24 Å². The third-order valence-electron chi connectivity index (χ3n) is 5.30. The Kier molecular flexibility index (Phi) is 2.21. The highest BCUT2D eigenvalue weighted by Gasteiger charge is 2.56. The van der Waals surface area contributed by atoms with Gasteiger partial charge in [-0.15, -0.1) is 11.3 Å². The molecule has 19 heavy (non-hydrogen) atoms. The smallest absolute Gasteiger partial charge is 0.0650 e. The first-order valence-corrected chi connectivity index (χ1v) is 7.93. The van der Waals surface area contributed by atoms with E-state index >= 15 is 0 Å². The van der Waals surface area contributed by atoms with E-state index in [-0.39, 0.29) is 0 Å². The van der Waals surface area contributed by atoms with Gasteiger partial charge in [-0.25, -0.2) is 0 Å². The van der Waals surface area contributed by atoms with E-state index in [2.05, 4.69) is 61.4 Å². The van der Waals surface area contributed by atoms with Gasteiger partial charge in [0.25, 0.3) is 0 Å². The number of anilines is 1. The molecular weight excluding hydrogens is 250 g/mol. The number of nitrogens with zero attached hydrogens (tertiary/aromatic N) is 1. The third kappa shape index (κ3) is 1.30. The average molecular weight is 269 g/mol. The van der Waals surface area contributed by atoms with Crippen LogP contribution in [0.4, 0.5) is 5.69 Å². The first kappa shape index (κ1) is 11.5. The number of benzene rings is 1. The summed E-state index contributed by atoms with van der Waals surface area (Å²) in [5.74, 6) is 0. The second-order valence-corrected chi connectivity index (χ2v) is 7.15. The van der Waals surface area contributed by atoms with Crippen LogP contribution in [0.2, 0.25) is 0 Å². The van der Waals surface area contributed by atoms with Crippen molar-refractivity contribution >= 4 is 17.0 Å². The predicted molar refractivity (Wildman–Crippen MR) is 82.1 cm³/mol. The van der Waals surface area contributed by atoms with Crippen LogP contribution in [-0.4, -0.2) is 6.04 Å². The third-order valence-corrected chi connectivity index (χ3v) is 6.32. The van der Waals surface area contributed by atoms with Crippen molar-refractivity contribution in [2.24, 2.45) is 0 Å². The fourth-order valence-corrected chi connectivity index (χ4v) is 5.21. The molecular formula is C17H19NS. The maximum absolute atomic E-state index is 2.66. The van der Waals surface area contributed by atoms with Crippen LogP contribution < -0.4 is 4.90 Å². The van der Waals surface area contributed by atoms with Crippen LogP contribution in [0.1, 0.15) is 42.3 Å². The van der Waals surface area contributed by atoms with Crippen molar-refractivity contribution in [1.82, 2.24) is 0 Å². The molecule has 1 saturated heterocycles. The number of para-hydroxylation sites is 1. The van der Waals surface area contributed by atoms with Crippen LogP contribution in [-0.2, 0) is 5.41 Å². The Balaban J connectivity index is 1.88. The Morgan fingerprint density at radius 1 is 1.26 bits per heavy atom. The standard InChI is InChI=1S/C17H19NS/c1-11-6-4-5-7-14(11)18-12(2)17(3)10-15(18)16-13(17)8-9-19-16/h4-9,12,15H,10H2,1-3H3. The Morgan fingerprint density at radius 3 is 2.84 bits per heavy atom. The summed E-state index contributed by atoms with van der Waals surface area (Å²) in [6, 6.07) is 12.3. The molecule has 1 aromatic heterocycles. The molecule has 0 spiro atoms. The molecule has 1 aliphatic heterocycles. The summed E-state index contributed by atoms with van der Waals surface area (Å²) >= 11 is 1.94. The minimum Gasteiger partial charge on any atom is -0.360 e. The molecule has 0 radical (unpaired) electrons. The summed E-state index contributed by atoms with van der Waals surface area (Å²) in [4.78, 5) is 4.26. The molecule has 1 aromatic carbocycles. The summed E-state index contributed by atoms with van der Waals surface area (Å²) in [6.45, 7) is 7.07. The van der Waals surface area contributed by atoms with Gasteiger partial charge in [0.05, 0.1) is 6.04 Å². The fourth-order valence-electron chi connectivity index (χ4n) is 4.08. The molecule has 0 amide bonds. The number of hydrogen-bond donors (Lipinski definition) is 0. The van der Waals surface area contributed by atoms with Crippen molar-refractivity contribution in [3.8, 4) is 0 Å². The lowest BCUT2D eigenvalue weighted by atomic mass is 9.80. The highest BCUT2D eigenvalue weighted by molar-refractivity contribution is 7.10. The molecule has 2 bridgehead atoms. The number of aryl methyl sites for hydroxylation is 1. The zero-order valence-electron chi connectivity index (χ0n) is 11.7. The maximum atomic E-state index is 2.66.